The molecule has 0 spiro atoms. The van der Waals surface area contributed by atoms with Crippen LogP contribution in [0.15, 0.2) is 22.7 Å². The van der Waals surface area contributed by atoms with Gasteiger partial charge in [-0.1, -0.05) is 15.9 Å². The summed E-state index contributed by atoms with van der Waals surface area (Å²) in [6.45, 7) is 5.01. The Morgan fingerprint density at radius 1 is 1.28 bits per heavy atom. The fraction of sp³-hybridized carbons (Fsp3) is 0.462. The van der Waals surface area contributed by atoms with Crippen molar-refractivity contribution in [1.29, 1.82) is 0 Å². The monoisotopic (exact) mass is 311 g/mol. The number of carbonyl (C=O) groups is 1. The maximum absolute atomic E-state index is 11.4. The van der Waals surface area contributed by atoms with Crippen LogP contribution in [-0.2, 0) is 4.79 Å². The van der Waals surface area contributed by atoms with E-state index in [9.17, 15) is 4.79 Å². The lowest BCUT2D eigenvalue weighted by atomic mass is 10.2. The zero-order chi connectivity index (χ0) is 13.1. The van der Waals surface area contributed by atoms with Gasteiger partial charge in [-0.3, -0.25) is 4.79 Å². The number of nitrogen functional groups attached to an aromatic ring is 1. The molecule has 1 aromatic carbocycles. The number of amides is 1. The number of halogens is 1. The van der Waals surface area contributed by atoms with Gasteiger partial charge in [-0.15, -0.1) is 0 Å². The zero-order valence-corrected chi connectivity index (χ0v) is 12.1. The summed E-state index contributed by atoms with van der Waals surface area (Å²) in [6, 6.07) is 5.95. The molecule has 1 fully saturated rings. The Hall–Kier alpha value is -1.23. The Labute approximate surface area is 116 Å². The van der Waals surface area contributed by atoms with Gasteiger partial charge >= 0.3 is 0 Å². The van der Waals surface area contributed by atoms with Gasteiger partial charge in [0.05, 0.1) is 11.4 Å². The Balaban J connectivity index is 2.12. The maximum atomic E-state index is 11.4. The average Bonchev–Trinajstić information content (AvgIpc) is 2.54. The van der Waals surface area contributed by atoms with Crippen molar-refractivity contribution in [2.24, 2.45) is 0 Å². The molecule has 1 amide bonds. The van der Waals surface area contributed by atoms with Crippen LogP contribution in [0, 0.1) is 0 Å². The quantitative estimate of drug-likeness (QED) is 0.808. The fourth-order valence-corrected chi connectivity index (χ4v) is 2.67. The van der Waals surface area contributed by atoms with E-state index in [0.29, 0.717) is 0 Å². The van der Waals surface area contributed by atoms with Crippen LogP contribution in [0.3, 0.4) is 0 Å². The van der Waals surface area contributed by atoms with Crippen molar-refractivity contribution >= 4 is 33.2 Å². The predicted octanol–water partition coefficient (Wildman–Crippen LogP) is 2.09. The molecule has 18 heavy (non-hydrogen) atoms. The normalized spacial score (nSPS) is 16.6. The first-order chi connectivity index (χ1) is 8.58. The van der Waals surface area contributed by atoms with Gasteiger partial charge in [-0.05, 0) is 24.6 Å². The number of hydrogen-bond donors (Lipinski definition) is 1. The summed E-state index contributed by atoms with van der Waals surface area (Å²) in [6.07, 6.45) is 0.981. The molecule has 1 saturated heterocycles. The van der Waals surface area contributed by atoms with Crippen molar-refractivity contribution in [2.75, 3.05) is 36.8 Å². The van der Waals surface area contributed by atoms with Gasteiger partial charge in [0.1, 0.15) is 0 Å². The first-order valence-electron chi connectivity index (χ1n) is 6.13. The second-order valence-electron chi connectivity index (χ2n) is 4.55. The van der Waals surface area contributed by atoms with Crippen LogP contribution >= 0.6 is 15.9 Å². The van der Waals surface area contributed by atoms with E-state index >= 15 is 0 Å². The molecule has 1 heterocycles. The van der Waals surface area contributed by atoms with E-state index in [1.807, 2.05) is 23.1 Å². The molecule has 1 aliphatic heterocycles. The Morgan fingerprint density at radius 3 is 2.72 bits per heavy atom. The largest absolute Gasteiger partial charge is 0.397 e. The molecule has 0 atom stereocenters. The lowest BCUT2D eigenvalue weighted by molar-refractivity contribution is -0.128. The summed E-state index contributed by atoms with van der Waals surface area (Å²) in [7, 11) is 0. The van der Waals surface area contributed by atoms with E-state index in [1.54, 1.807) is 6.92 Å². The molecule has 2 N–H and O–H groups in total. The number of hydrogen-bond acceptors (Lipinski definition) is 3. The highest BCUT2D eigenvalue weighted by molar-refractivity contribution is 9.10. The molecule has 1 aromatic rings. The van der Waals surface area contributed by atoms with Crippen molar-refractivity contribution in [3.63, 3.8) is 0 Å². The molecular weight excluding hydrogens is 294 g/mol. The van der Waals surface area contributed by atoms with Gasteiger partial charge in [0, 0.05) is 37.6 Å². The molecule has 0 saturated carbocycles. The Morgan fingerprint density at radius 2 is 2.06 bits per heavy atom. The van der Waals surface area contributed by atoms with Crippen LogP contribution < -0.4 is 10.6 Å². The molecule has 2 rings (SSSR count). The summed E-state index contributed by atoms with van der Waals surface area (Å²) in [5.41, 5.74) is 7.88. The van der Waals surface area contributed by atoms with Crippen molar-refractivity contribution < 1.29 is 4.79 Å². The third-order valence-electron chi connectivity index (χ3n) is 3.27. The third kappa shape index (κ3) is 2.96. The van der Waals surface area contributed by atoms with Crippen LogP contribution in [0.25, 0.3) is 0 Å². The molecule has 98 valence electrons. The average molecular weight is 312 g/mol. The standard InChI is InChI=1S/C13H18BrN3O/c1-10(18)16-5-2-6-17(8-7-16)13-4-3-11(14)9-12(13)15/h3-4,9H,2,5-8,15H2,1H3. The van der Waals surface area contributed by atoms with E-state index < -0.39 is 0 Å². The van der Waals surface area contributed by atoms with Gasteiger partial charge < -0.3 is 15.5 Å². The van der Waals surface area contributed by atoms with E-state index in [0.717, 1.165) is 48.4 Å². The lowest BCUT2D eigenvalue weighted by Crippen LogP contribution is -2.33. The zero-order valence-electron chi connectivity index (χ0n) is 10.5. The van der Waals surface area contributed by atoms with E-state index in [-0.39, 0.29) is 5.91 Å². The summed E-state index contributed by atoms with van der Waals surface area (Å²) >= 11 is 3.41. The highest BCUT2D eigenvalue weighted by Crippen LogP contribution is 2.27. The van der Waals surface area contributed by atoms with Crippen LogP contribution in [0.2, 0.25) is 0 Å². The number of anilines is 2. The first-order valence-corrected chi connectivity index (χ1v) is 6.92. The fourth-order valence-electron chi connectivity index (χ4n) is 2.29. The van der Waals surface area contributed by atoms with Crippen LogP contribution in [0.5, 0.6) is 0 Å². The van der Waals surface area contributed by atoms with Crippen LogP contribution in [0.1, 0.15) is 13.3 Å². The molecular formula is C13H18BrN3O. The van der Waals surface area contributed by atoms with Gasteiger partial charge in [0.2, 0.25) is 5.91 Å². The number of benzene rings is 1. The van der Waals surface area contributed by atoms with Crippen molar-refractivity contribution in [1.82, 2.24) is 4.90 Å². The number of carbonyl (C=O) groups excluding carboxylic acids is 1. The third-order valence-corrected chi connectivity index (χ3v) is 3.76. The number of rotatable bonds is 1. The Kier molecular flexibility index (Phi) is 4.11. The smallest absolute Gasteiger partial charge is 0.219 e. The van der Waals surface area contributed by atoms with Crippen molar-refractivity contribution in [3.05, 3.63) is 22.7 Å². The Bertz CT molecular complexity index is 450. The lowest BCUT2D eigenvalue weighted by Gasteiger charge is -2.24. The predicted molar refractivity (Wildman–Crippen MR) is 77.6 cm³/mol. The van der Waals surface area contributed by atoms with Gasteiger partial charge in [0.25, 0.3) is 0 Å². The highest BCUT2D eigenvalue weighted by Gasteiger charge is 2.17. The topological polar surface area (TPSA) is 49.6 Å². The highest BCUT2D eigenvalue weighted by atomic mass is 79.9. The number of nitrogens with zero attached hydrogens (tertiary/aromatic N) is 2. The summed E-state index contributed by atoms with van der Waals surface area (Å²) in [5, 5.41) is 0. The molecule has 1 aliphatic rings. The molecule has 0 radical (unpaired) electrons. The first kappa shape index (κ1) is 13.2. The van der Waals surface area contributed by atoms with Gasteiger partial charge in [-0.2, -0.15) is 0 Å². The van der Waals surface area contributed by atoms with E-state index in [1.165, 1.54) is 0 Å². The van der Waals surface area contributed by atoms with Gasteiger partial charge in [-0.25, -0.2) is 0 Å². The summed E-state index contributed by atoms with van der Waals surface area (Å²) < 4.78 is 0.990. The van der Waals surface area contributed by atoms with E-state index in [4.69, 9.17) is 5.73 Å². The van der Waals surface area contributed by atoms with E-state index in [2.05, 4.69) is 20.8 Å². The molecule has 5 heteroatoms. The molecule has 0 bridgehead atoms. The second kappa shape index (κ2) is 5.61. The van der Waals surface area contributed by atoms with Gasteiger partial charge in [0.15, 0.2) is 0 Å². The number of nitrogens with two attached hydrogens (primary N) is 1. The minimum atomic E-state index is 0.153. The summed E-state index contributed by atoms with van der Waals surface area (Å²) in [4.78, 5) is 15.5. The molecule has 0 aliphatic carbocycles. The van der Waals surface area contributed by atoms with Crippen molar-refractivity contribution in [3.8, 4) is 0 Å². The minimum Gasteiger partial charge on any atom is -0.397 e. The molecule has 0 aromatic heterocycles. The van der Waals surface area contributed by atoms with Crippen molar-refractivity contribution in [2.45, 2.75) is 13.3 Å². The summed E-state index contributed by atoms with van der Waals surface area (Å²) in [5.74, 6) is 0.153. The molecule has 0 unspecified atom stereocenters. The maximum Gasteiger partial charge on any atom is 0.219 e. The SMILES string of the molecule is CC(=O)N1CCCN(c2ccc(Br)cc2N)CC1. The van der Waals surface area contributed by atoms with Crippen LogP contribution in [0.4, 0.5) is 11.4 Å². The minimum absolute atomic E-state index is 0.153. The van der Waals surface area contributed by atoms with Crippen LogP contribution in [-0.4, -0.2) is 37.0 Å². The second-order valence-corrected chi connectivity index (χ2v) is 5.47. The molecule has 4 nitrogen and oxygen atoms in total.